The van der Waals surface area contributed by atoms with Crippen LogP contribution in [0.2, 0.25) is 0 Å². The van der Waals surface area contributed by atoms with Gasteiger partial charge in [0, 0.05) is 25.6 Å². The maximum atomic E-state index is 11.6. The average Bonchev–Trinajstić information content (AvgIpc) is 2.27. The predicted octanol–water partition coefficient (Wildman–Crippen LogP) is 2.45. The summed E-state index contributed by atoms with van der Waals surface area (Å²) in [4.78, 5) is 22.3. The Balaban J connectivity index is 2.49. The first-order chi connectivity index (χ1) is 8.79. The van der Waals surface area contributed by atoms with Gasteiger partial charge < -0.3 is 10.6 Å². The van der Waals surface area contributed by atoms with Crippen LogP contribution in [0.3, 0.4) is 0 Å². The lowest BCUT2D eigenvalue weighted by atomic mass is 9.87. The highest BCUT2D eigenvalue weighted by molar-refractivity contribution is 5.91. The van der Waals surface area contributed by atoms with Crippen molar-refractivity contribution < 1.29 is 9.59 Å². The van der Waals surface area contributed by atoms with E-state index in [1.165, 1.54) is 12.5 Å². The minimum Gasteiger partial charge on any atom is -0.356 e. The molecular weight excluding hydrogens is 240 g/mol. The van der Waals surface area contributed by atoms with Gasteiger partial charge in [-0.1, -0.05) is 32.9 Å². The molecule has 2 N–H and O–H groups in total. The summed E-state index contributed by atoms with van der Waals surface area (Å²) in [5.41, 5.74) is 2.11. The SMILES string of the molecule is CC(=O)NCCC(=O)Nc1ccc(C(C)(C)C)cc1. The van der Waals surface area contributed by atoms with Crippen molar-refractivity contribution >= 4 is 17.5 Å². The molecule has 1 rings (SSSR count). The Morgan fingerprint density at radius 1 is 1.11 bits per heavy atom. The third-order valence-corrected chi connectivity index (χ3v) is 2.76. The van der Waals surface area contributed by atoms with Gasteiger partial charge in [0.2, 0.25) is 11.8 Å². The van der Waals surface area contributed by atoms with Crippen LogP contribution in [0, 0.1) is 0 Å². The average molecular weight is 262 g/mol. The Hall–Kier alpha value is -1.84. The molecule has 2 amide bonds. The highest BCUT2D eigenvalue weighted by Crippen LogP contribution is 2.23. The molecule has 19 heavy (non-hydrogen) atoms. The van der Waals surface area contributed by atoms with Gasteiger partial charge in [0.1, 0.15) is 0 Å². The predicted molar refractivity (Wildman–Crippen MR) is 77.1 cm³/mol. The van der Waals surface area contributed by atoms with Crippen LogP contribution in [-0.4, -0.2) is 18.4 Å². The molecule has 0 radical (unpaired) electrons. The molecule has 0 fully saturated rings. The molecule has 0 aliphatic carbocycles. The topological polar surface area (TPSA) is 58.2 Å². The minimum atomic E-state index is -0.123. The van der Waals surface area contributed by atoms with Crippen LogP contribution in [-0.2, 0) is 15.0 Å². The van der Waals surface area contributed by atoms with Crippen LogP contribution in [0.1, 0.15) is 39.7 Å². The van der Waals surface area contributed by atoms with Crippen LogP contribution >= 0.6 is 0 Å². The van der Waals surface area contributed by atoms with E-state index in [9.17, 15) is 9.59 Å². The molecule has 0 aliphatic heterocycles. The van der Waals surface area contributed by atoms with E-state index in [1.807, 2.05) is 24.3 Å². The van der Waals surface area contributed by atoms with Gasteiger partial charge in [-0.05, 0) is 23.1 Å². The van der Waals surface area contributed by atoms with E-state index >= 15 is 0 Å². The van der Waals surface area contributed by atoms with Gasteiger partial charge in [-0.25, -0.2) is 0 Å². The van der Waals surface area contributed by atoms with Crippen molar-refractivity contribution in [2.45, 2.75) is 39.5 Å². The number of nitrogens with one attached hydrogen (secondary N) is 2. The molecule has 0 bridgehead atoms. The number of hydrogen-bond acceptors (Lipinski definition) is 2. The van der Waals surface area contributed by atoms with Crippen LogP contribution < -0.4 is 10.6 Å². The maximum absolute atomic E-state index is 11.6. The first-order valence-corrected chi connectivity index (χ1v) is 6.44. The van der Waals surface area contributed by atoms with Gasteiger partial charge in [0.25, 0.3) is 0 Å². The fraction of sp³-hybridized carbons (Fsp3) is 0.467. The molecule has 1 aromatic rings. The molecular formula is C15H22N2O2. The molecule has 0 saturated carbocycles. The number of benzene rings is 1. The van der Waals surface area contributed by atoms with Crippen LogP contribution in [0.15, 0.2) is 24.3 Å². The number of amides is 2. The van der Waals surface area contributed by atoms with Gasteiger partial charge >= 0.3 is 0 Å². The number of carbonyl (C=O) groups excluding carboxylic acids is 2. The second kappa shape index (κ2) is 6.36. The Morgan fingerprint density at radius 2 is 1.68 bits per heavy atom. The van der Waals surface area contributed by atoms with E-state index in [0.717, 1.165) is 5.69 Å². The monoisotopic (exact) mass is 262 g/mol. The van der Waals surface area contributed by atoms with Crippen molar-refractivity contribution in [3.8, 4) is 0 Å². The van der Waals surface area contributed by atoms with Gasteiger partial charge in [0.05, 0.1) is 0 Å². The molecule has 4 heteroatoms. The van der Waals surface area contributed by atoms with E-state index in [-0.39, 0.29) is 23.7 Å². The highest BCUT2D eigenvalue weighted by atomic mass is 16.2. The van der Waals surface area contributed by atoms with Crippen molar-refractivity contribution in [3.63, 3.8) is 0 Å². The second-order valence-corrected chi connectivity index (χ2v) is 5.61. The molecule has 104 valence electrons. The fourth-order valence-electron chi connectivity index (χ4n) is 1.63. The summed E-state index contributed by atoms with van der Waals surface area (Å²) in [5, 5.41) is 5.40. The summed E-state index contributed by atoms with van der Waals surface area (Å²) in [5.74, 6) is -0.223. The molecule has 4 nitrogen and oxygen atoms in total. The Labute approximate surface area is 114 Å². The molecule has 0 atom stereocenters. The van der Waals surface area contributed by atoms with Crippen molar-refractivity contribution in [3.05, 3.63) is 29.8 Å². The van der Waals surface area contributed by atoms with Crippen LogP contribution in [0.5, 0.6) is 0 Å². The normalized spacial score (nSPS) is 10.9. The molecule has 0 spiro atoms. The summed E-state index contributed by atoms with van der Waals surface area (Å²) in [6.45, 7) is 8.24. The van der Waals surface area contributed by atoms with Crippen molar-refractivity contribution in [2.24, 2.45) is 0 Å². The van der Waals surface area contributed by atoms with E-state index in [0.29, 0.717) is 6.54 Å². The lowest BCUT2D eigenvalue weighted by Crippen LogP contribution is -2.25. The molecule has 0 aliphatic rings. The zero-order chi connectivity index (χ0) is 14.5. The van der Waals surface area contributed by atoms with E-state index in [2.05, 4.69) is 31.4 Å². The van der Waals surface area contributed by atoms with E-state index in [4.69, 9.17) is 0 Å². The first-order valence-electron chi connectivity index (χ1n) is 6.44. The maximum Gasteiger partial charge on any atom is 0.226 e. The van der Waals surface area contributed by atoms with Gasteiger partial charge in [-0.15, -0.1) is 0 Å². The summed E-state index contributed by atoms with van der Waals surface area (Å²) in [7, 11) is 0. The molecule has 0 heterocycles. The van der Waals surface area contributed by atoms with Crippen molar-refractivity contribution in [1.82, 2.24) is 5.32 Å². The van der Waals surface area contributed by atoms with Crippen LogP contribution in [0.25, 0.3) is 0 Å². The number of rotatable bonds is 4. The van der Waals surface area contributed by atoms with Crippen molar-refractivity contribution in [1.29, 1.82) is 0 Å². The van der Waals surface area contributed by atoms with Crippen LogP contribution in [0.4, 0.5) is 5.69 Å². The highest BCUT2D eigenvalue weighted by Gasteiger charge is 2.13. The third kappa shape index (κ3) is 5.55. The lowest BCUT2D eigenvalue weighted by Gasteiger charge is -2.19. The number of anilines is 1. The summed E-state index contributed by atoms with van der Waals surface area (Å²) in [6.07, 6.45) is 0.278. The zero-order valence-corrected chi connectivity index (χ0v) is 12.0. The van der Waals surface area contributed by atoms with E-state index < -0.39 is 0 Å². The first kappa shape index (κ1) is 15.2. The number of hydrogen-bond donors (Lipinski definition) is 2. The zero-order valence-electron chi connectivity index (χ0n) is 12.0. The molecule has 0 saturated heterocycles. The minimum absolute atomic E-state index is 0.0998. The quantitative estimate of drug-likeness (QED) is 0.875. The summed E-state index contributed by atoms with van der Waals surface area (Å²) < 4.78 is 0. The Morgan fingerprint density at radius 3 is 2.16 bits per heavy atom. The largest absolute Gasteiger partial charge is 0.356 e. The van der Waals surface area contributed by atoms with E-state index in [1.54, 1.807) is 0 Å². The van der Waals surface area contributed by atoms with Crippen molar-refractivity contribution in [2.75, 3.05) is 11.9 Å². The fourth-order valence-corrected chi connectivity index (χ4v) is 1.63. The Kier molecular flexibility index (Phi) is 5.10. The van der Waals surface area contributed by atoms with Gasteiger partial charge in [-0.3, -0.25) is 9.59 Å². The third-order valence-electron chi connectivity index (χ3n) is 2.76. The molecule has 1 aromatic carbocycles. The smallest absolute Gasteiger partial charge is 0.226 e. The van der Waals surface area contributed by atoms with Gasteiger partial charge in [-0.2, -0.15) is 0 Å². The van der Waals surface area contributed by atoms with Gasteiger partial charge in [0.15, 0.2) is 0 Å². The molecule has 0 unspecified atom stereocenters. The summed E-state index contributed by atoms with van der Waals surface area (Å²) >= 11 is 0. The lowest BCUT2D eigenvalue weighted by molar-refractivity contribution is -0.119. The number of carbonyl (C=O) groups is 2. The standard InChI is InChI=1S/C15H22N2O2/c1-11(18)16-10-9-14(19)17-13-7-5-12(6-8-13)15(2,3)4/h5-8H,9-10H2,1-4H3,(H,16,18)(H,17,19). The Bertz CT molecular complexity index is 444. The second-order valence-electron chi connectivity index (χ2n) is 5.61. The molecule has 0 aromatic heterocycles. The summed E-state index contributed by atoms with van der Waals surface area (Å²) in [6, 6.07) is 7.83.